The molecule has 0 aliphatic rings. The molecule has 0 saturated heterocycles. The van der Waals surface area contributed by atoms with Gasteiger partial charge in [0.1, 0.15) is 11.5 Å². The molecular formula is C10H14BrNO4. The monoisotopic (exact) mass is 291 g/mol. The lowest BCUT2D eigenvalue weighted by Gasteiger charge is -2.18. The molecule has 16 heavy (non-hydrogen) atoms. The van der Waals surface area contributed by atoms with Crippen LogP contribution in [0, 0.1) is 0 Å². The van der Waals surface area contributed by atoms with Crippen LogP contribution >= 0.6 is 15.9 Å². The fraction of sp³-hybridized carbons (Fsp3) is 0.400. The molecule has 0 spiro atoms. The number of aliphatic hydroxyl groups is 2. The SMILES string of the molecule is COc1cc(CC(N)(O)O)c(OC)cc1Br. The van der Waals surface area contributed by atoms with Gasteiger partial charge in [-0.25, -0.2) is 0 Å². The predicted octanol–water partition coefficient (Wildman–Crippen LogP) is 0.606. The van der Waals surface area contributed by atoms with Crippen LogP contribution in [0.4, 0.5) is 0 Å². The Bertz CT molecular complexity index is 376. The summed E-state index contributed by atoms with van der Waals surface area (Å²) in [6.07, 6.45) is -0.153. The van der Waals surface area contributed by atoms with Crippen molar-refractivity contribution in [3.05, 3.63) is 22.2 Å². The third-order valence-electron chi connectivity index (χ3n) is 2.01. The standard InChI is InChI=1S/C10H14BrNO4/c1-15-8-4-7(11)9(16-2)3-6(8)5-10(12,13)14/h3-4,13-14H,5,12H2,1-2H3. The summed E-state index contributed by atoms with van der Waals surface area (Å²) in [5.41, 5.74) is 5.67. The second-order valence-corrected chi connectivity index (χ2v) is 4.21. The van der Waals surface area contributed by atoms with Crippen molar-refractivity contribution in [3.63, 3.8) is 0 Å². The number of ether oxygens (including phenoxy) is 2. The minimum atomic E-state index is -2.27. The highest BCUT2D eigenvalue weighted by Gasteiger charge is 2.20. The van der Waals surface area contributed by atoms with Gasteiger partial charge in [-0.2, -0.15) is 0 Å². The Morgan fingerprint density at radius 1 is 1.25 bits per heavy atom. The van der Waals surface area contributed by atoms with Crippen LogP contribution in [-0.2, 0) is 6.42 Å². The molecular weight excluding hydrogens is 278 g/mol. The first-order valence-corrected chi connectivity index (χ1v) is 5.30. The maximum absolute atomic E-state index is 9.15. The minimum absolute atomic E-state index is 0.153. The van der Waals surface area contributed by atoms with Crippen molar-refractivity contribution in [3.8, 4) is 11.5 Å². The summed E-state index contributed by atoms with van der Waals surface area (Å²) in [7, 11) is 3.01. The van der Waals surface area contributed by atoms with E-state index in [1.165, 1.54) is 14.2 Å². The second-order valence-electron chi connectivity index (χ2n) is 3.35. The summed E-state index contributed by atoms with van der Waals surface area (Å²) in [4.78, 5) is 0. The van der Waals surface area contributed by atoms with E-state index in [4.69, 9.17) is 25.4 Å². The van der Waals surface area contributed by atoms with Crippen LogP contribution in [-0.4, -0.2) is 30.3 Å². The number of halogens is 1. The Balaban J connectivity index is 3.15. The maximum atomic E-state index is 9.15. The van der Waals surface area contributed by atoms with E-state index in [0.29, 0.717) is 21.5 Å². The summed E-state index contributed by atoms with van der Waals surface area (Å²) in [6, 6.07) is 3.32. The van der Waals surface area contributed by atoms with Gasteiger partial charge >= 0.3 is 0 Å². The fourth-order valence-electron chi connectivity index (χ4n) is 1.34. The van der Waals surface area contributed by atoms with Crippen LogP contribution in [0.25, 0.3) is 0 Å². The number of hydrogen-bond acceptors (Lipinski definition) is 5. The zero-order chi connectivity index (χ0) is 12.3. The molecule has 0 aromatic heterocycles. The first kappa shape index (κ1) is 13.2. The van der Waals surface area contributed by atoms with Crippen LogP contribution in [0.1, 0.15) is 5.56 Å². The van der Waals surface area contributed by atoms with Crippen LogP contribution in [0.2, 0.25) is 0 Å². The van der Waals surface area contributed by atoms with Gasteiger partial charge in [-0.15, -0.1) is 0 Å². The van der Waals surface area contributed by atoms with Gasteiger partial charge in [0.15, 0.2) is 0 Å². The molecule has 0 atom stereocenters. The Morgan fingerprint density at radius 2 is 1.81 bits per heavy atom. The molecule has 5 nitrogen and oxygen atoms in total. The summed E-state index contributed by atoms with van der Waals surface area (Å²) in [5, 5.41) is 18.3. The third-order valence-corrected chi connectivity index (χ3v) is 2.63. The average Bonchev–Trinajstić information content (AvgIpc) is 2.18. The normalized spacial score (nSPS) is 11.4. The molecule has 0 aliphatic carbocycles. The molecule has 1 aromatic carbocycles. The van der Waals surface area contributed by atoms with E-state index in [1.54, 1.807) is 12.1 Å². The number of nitrogens with two attached hydrogens (primary N) is 1. The van der Waals surface area contributed by atoms with Crippen molar-refractivity contribution in [1.29, 1.82) is 0 Å². The topological polar surface area (TPSA) is 84.9 Å². The second kappa shape index (κ2) is 5.01. The van der Waals surface area contributed by atoms with Crippen LogP contribution in [0.3, 0.4) is 0 Å². The Labute approximate surface area is 102 Å². The van der Waals surface area contributed by atoms with Crippen molar-refractivity contribution >= 4 is 15.9 Å². The van der Waals surface area contributed by atoms with E-state index in [2.05, 4.69) is 15.9 Å². The zero-order valence-electron chi connectivity index (χ0n) is 9.03. The molecule has 0 bridgehead atoms. The van der Waals surface area contributed by atoms with Crippen molar-refractivity contribution in [2.75, 3.05) is 14.2 Å². The lowest BCUT2D eigenvalue weighted by atomic mass is 10.1. The zero-order valence-corrected chi connectivity index (χ0v) is 10.6. The van der Waals surface area contributed by atoms with Crippen LogP contribution < -0.4 is 15.2 Å². The average molecular weight is 292 g/mol. The summed E-state index contributed by atoms with van der Waals surface area (Å²) in [5.74, 6) is -1.20. The number of methoxy groups -OCH3 is 2. The van der Waals surface area contributed by atoms with Crippen molar-refractivity contribution in [2.24, 2.45) is 5.73 Å². The summed E-state index contributed by atoms with van der Waals surface area (Å²) in [6.45, 7) is 0. The van der Waals surface area contributed by atoms with Crippen molar-refractivity contribution < 1.29 is 19.7 Å². The van der Waals surface area contributed by atoms with Gasteiger partial charge in [-0.3, -0.25) is 5.73 Å². The molecule has 0 saturated carbocycles. The lowest BCUT2D eigenvalue weighted by molar-refractivity contribution is -0.153. The van der Waals surface area contributed by atoms with Gasteiger partial charge in [-0.1, -0.05) is 0 Å². The van der Waals surface area contributed by atoms with Crippen LogP contribution in [0.5, 0.6) is 11.5 Å². The van der Waals surface area contributed by atoms with E-state index < -0.39 is 5.91 Å². The number of hydrogen-bond donors (Lipinski definition) is 3. The molecule has 0 fully saturated rings. The van der Waals surface area contributed by atoms with E-state index in [1.807, 2.05) is 0 Å². The van der Waals surface area contributed by atoms with Crippen LogP contribution in [0.15, 0.2) is 16.6 Å². The predicted molar refractivity (Wildman–Crippen MR) is 62.3 cm³/mol. The van der Waals surface area contributed by atoms with Gasteiger partial charge in [0, 0.05) is 12.0 Å². The molecule has 4 N–H and O–H groups in total. The highest BCUT2D eigenvalue weighted by molar-refractivity contribution is 9.10. The fourth-order valence-corrected chi connectivity index (χ4v) is 1.83. The number of benzene rings is 1. The van der Waals surface area contributed by atoms with Crippen molar-refractivity contribution in [2.45, 2.75) is 12.3 Å². The first-order valence-electron chi connectivity index (χ1n) is 4.51. The molecule has 1 rings (SSSR count). The van der Waals surface area contributed by atoms with Gasteiger partial charge < -0.3 is 19.7 Å². The van der Waals surface area contributed by atoms with E-state index in [9.17, 15) is 0 Å². The van der Waals surface area contributed by atoms with Gasteiger partial charge in [0.2, 0.25) is 5.91 Å². The quantitative estimate of drug-likeness (QED) is 0.708. The van der Waals surface area contributed by atoms with E-state index in [0.717, 1.165) is 0 Å². The van der Waals surface area contributed by atoms with E-state index >= 15 is 0 Å². The molecule has 0 amide bonds. The highest BCUT2D eigenvalue weighted by atomic mass is 79.9. The molecule has 0 radical (unpaired) electrons. The molecule has 0 aliphatic heterocycles. The molecule has 90 valence electrons. The molecule has 1 aromatic rings. The molecule has 6 heteroatoms. The molecule has 0 heterocycles. The van der Waals surface area contributed by atoms with E-state index in [-0.39, 0.29) is 6.42 Å². The smallest absolute Gasteiger partial charge is 0.224 e. The first-order chi connectivity index (χ1) is 7.37. The third kappa shape index (κ3) is 3.34. The van der Waals surface area contributed by atoms with Crippen molar-refractivity contribution in [1.82, 2.24) is 0 Å². The Kier molecular flexibility index (Phi) is 4.15. The maximum Gasteiger partial charge on any atom is 0.224 e. The van der Waals surface area contributed by atoms with Gasteiger partial charge in [0.05, 0.1) is 18.7 Å². The Morgan fingerprint density at radius 3 is 2.25 bits per heavy atom. The number of rotatable bonds is 4. The summed E-state index contributed by atoms with van der Waals surface area (Å²) >= 11 is 3.30. The van der Waals surface area contributed by atoms with Gasteiger partial charge in [0.25, 0.3) is 0 Å². The van der Waals surface area contributed by atoms with Gasteiger partial charge in [-0.05, 0) is 28.1 Å². The lowest BCUT2D eigenvalue weighted by Crippen LogP contribution is -2.41. The Hall–Kier alpha value is -0.820. The minimum Gasteiger partial charge on any atom is -0.496 e. The molecule has 0 unspecified atom stereocenters. The highest BCUT2D eigenvalue weighted by Crippen LogP contribution is 2.33. The summed E-state index contributed by atoms with van der Waals surface area (Å²) < 4.78 is 10.9. The largest absolute Gasteiger partial charge is 0.496 e.